The van der Waals surface area contributed by atoms with E-state index in [2.05, 4.69) is 40.9 Å². The fourth-order valence-corrected chi connectivity index (χ4v) is 1.56. The van der Waals surface area contributed by atoms with E-state index in [9.17, 15) is 5.11 Å². The van der Waals surface area contributed by atoms with Crippen LogP contribution in [0.1, 0.15) is 40.5 Å². The first-order valence-corrected chi connectivity index (χ1v) is 5.38. The van der Waals surface area contributed by atoms with E-state index in [4.69, 9.17) is 0 Å². The monoisotopic (exact) mass is 196 g/mol. The van der Waals surface area contributed by atoms with E-state index in [-0.39, 0.29) is 0 Å². The van der Waals surface area contributed by atoms with Crippen molar-refractivity contribution >= 4 is 0 Å². The van der Waals surface area contributed by atoms with Gasteiger partial charge in [0.2, 0.25) is 0 Å². The van der Waals surface area contributed by atoms with Crippen LogP contribution < -0.4 is 0 Å². The number of rotatable bonds is 6. The van der Waals surface area contributed by atoms with Crippen LogP contribution in [0.4, 0.5) is 0 Å². The summed E-state index contributed by atoms with van der Waals surface area (Å²) in [6, 6.07) is 0. The van der Waals surface area contributed by atoms with Crippen molar-refractivity contribution in [2.75, 3.05) is 0 Å². The third-order valence-corrected chi connectivity index (χ3v) is 2.11. The van der Waals surface area contributed by atoms with Gasteiger partial charge < -0.3 is 5.11 Å². The summed E-state index contributed by atoms with van der Waals surface area (Å²) in [5, 5.41) is 9.88. The first kappa shape index (κ1) is 13.4. The van der Waals surface area contributed by atoms with Crippen LogP contribution in [0.25, 0.3) is 0 Å². The van der Waals surface area contributed by atoms with Gasteiger partial charge in [-0.15, -0.1) is 0 Å². The molecule has 1 N–H and O–H groups in total. The van der Waals surface area contributed by atoms with Gasteiger partial charge in [-0.2, -0.15) is 0 Å². The summed E-state index contributed by atoms with van der Waals surface area (Å²) in [4.78, 5) is 0. The Kier molecular flexibility index (Phi) is 5.78. The fourth-order valence-electron chi connectivity index (χ4n) is 1.56. The minimum absolute atomic E-state index is 0.514. The van der Waals surface area contributed by atoms with Crippen LogP contribution in [0.3, 0.4) is 0 Å². The summed E-state index contributed by atoms with van der Waals surface area (Å²) in [6.45, 7) is 16.3. The van der Waals surface area contributed by atoms with Gasteiger partial charge >= 0.3 is 0 Å². The Hall–Kier alpha value is -0.560. The maximum Gasteiger partial charge on any atom is 0.0955 e. The van der Waals surface area contributed by atoms with Crippen molar-refractivity contribution in [3.05, 3.63) is 24.3 Å². The Balaban J connectivity index is 4.11. The second-order valence-electron chi connectivity index (χ2n) is 4.91. The molecule has 82 valence electrons. The van der Waals surface area contributed by atoms with Crippen molar-refractivity contribution in [3.63, 3.8) is 0 Å². The van der Waals surface area contributed by atoms with Gasteiger partial charge in [0.25, 0.3) is 0 Å². The van der Waals surface area contributed by atoms with Gasteiger partial charge in [0.1, 0.15) is 0 Å². The Morgan fingerprint density at radius 1 is 0.929 bits per heavy atom. The molecular formula is C13H24O. The molecule has 0 rings (SSSR count). The zero-order valence-electron chi connectivity index (χ0n) is 10.0. The summed E-state index contributed by atoms with van der Waals surface area (Å²) in [7, 11) is 0. The fraction of sp³-hybridized carbons (Fsp3) is 0.692. The SMILES string of the molecule is C=C(CC(C)C)C(O)C(=C)CC(C)C. The minimum Gasteiger partial charge on any atom is -0.384 e. The average molecular weight is 196 g/mol. The summed E-state index contributed by atoms with van der Waals surface area (Å²) >= 11 is 0. The first-order valence-electron chi connectivity index (χ1n) is 5.38. The van der Waals surface area contributed by atoms with E-state index in [1.807, 2.05) is 0 Å². The molecule has 0 aromatic heterocycles. The second-order valence-corrected chi connectivity index (χ2v) is 4.91. The van der Waals surface area contributed by atoms with Crippen LogP contribution in [-0.2, 0) is 0 Å². The molecule has 0 saturated carbocycles. The molecule has 0 heterocycles. The zero-order chi connectivity index (χ0) is 11.3. The van der Waals surface area contributed by atoms with Gasteiger partial charge in [-0.05, 0) is 35.8 Å². The highest BCUT2D eigenvalue weighted by Gasteiger charge is 2.14. The highest BCUT2D eigenvalue weighted by Crippen LogP contribution is 2.21. The molecule has 1 heteroatoms. The number of hydrogen-bond donors (Lipinski definition) is 1. The van der Waals surface area contributed by atoms with Crippen molar-refractivity contribution in [2.45, 2.75) is 46.6 Å². The molecular weight excluding hydrogens is 172 g/mol. The molecule has 0 amide bonds. The standard InChI is InChI=1S/C13H24O/c1-9(2)7-11(5)13(14)12(6)8-10(3)4/h9-10,13-14H,5-8H2,1-4H3. The second kappa shape index (κ2) is 6.02. The third-order valence-electron chi connectivity index (χ3n) is 2.11. The molecule has 0 aromatic carbocycles. The van der Waals surface area contributed by atoms with Gasteiger partial charge in [0, 0.05) is 0 Å². The largest absolute Gasteiger partial charge is 0.384 e. The van der Waals surface area contributed by atoms with E-state index < -0.39 is 6.10 Å². The van der Waals surface area contributed by atoms with E-state index in [1.54, 1.807) is 0 Å². The maximum atomic E-state index is 9.88. The van der Waals surface area contributed by atoms with Crippen LogP contribution in [-0.4, -0.2) is 11.2 Å². The lowest BCUT2D eigenvalue weighted by atomic mass is 9.92. The van der Waals surface area contributed by atoms with Crippen molar-refractivity contribution < 1.29 is 5.11 Å². The lowest BCUT2D eigenvalue weighted by molar-refractivity contribution is 0.232. The number of aliphatic hydroxyl groups excluding tert-OH is 1. The first-order chi connectivity index (χ1) is 6.34. The van der Waals surface area contributed by atoms with Crippen LogP contribution in [0.5, 0.6) is 0 Å². The molecule has 0 spiro atoms. The average Bonchev–Trinajstić information content (AvgIpc) is 2.00. The summed E-state index contributed by atoms with van der Waals surface area (Å²) in [6.07, 6.45) is 1.23. The zero-order valence-corrected chi connectivity index (χ0v) is 10.0. The Bertz CT molecular complexity index is 179. The quantitative estimate of drug-likeness (QED) is 0.644. The molecule has 0 fully saturated rings. The molecule has 0 bridgehead atoms. The Morgan fingerprint density at radius 2 is 1.21 bits per heavy atom. The molecule has 14 heavy (non-hydrogen) atoms. The van der Waals surface area contributed by atoms with E-state index in [0.717, 1.165) is 24.0 Å². The molecule has 0 unspecified atom stereocenters. The van der Waals surface area contributed by atoms with E-state index in [1.165, 1.54) is 0 Å². The molecule has 1 nitrogen and oxygen atoms in total. The molecule has 0 aliphatic heterocycles. The van der Waals surface area contributed by atoms with Gasteiger partial charge in [-0.25, -0.2) is 0 Å². The minimum atomic E-state index is -0.514. The van der Waals surface area contributed by atoms with Gasteiger partial charge in [-0.1, -0.05) is 40.9 Å². The van der Waals surface area contributed by atoms with Crippen LogP contribution in [0, 0.1) is 11.8 Å². The van der Waals surface area contributed by atoms with Crippen molar-refractivity contribution in [1.82, 2.24) is 0 Å². The highest BCUT2D eigenvalue weighted by molar-refractivity contribution is 5.18. The highest BCUT2D eigenvalue weighted by atomic mass is 16.3. The third kappa shape index (κ3) is 5.23. The molecule has 0 aliphatic carbocycles. The lowest BCUT2D eigenvalue weighted by Crippen LogP contribution is -2.15. The summed E-state index contributed by atoms with van der Waals surface area (Å²) < 4.78 is 0. The van der Waals surface area contributed by atoms with Crippen molar-refractivity contribution in [2.24, 2.45) is 11.8 Å². The smallest absolute Gasteiger partial charge is 0.0955 e. The van der Waals surface area contributed by atoms with Gasteiger partial charge in [-0.3, -0.25) is 0 Å². The van der Waals surface area contributed by atoms with E-state index >= 15 is 0 Å². The summed E-state index contributed by atoms with van der Waals surface area (Å²) in [5.41, 5.74) is 1.79. The lowest BCUT2D eigenvalue weighted by Gasteiger charge is -2.19. The number of aliphatic hydroxyl groups is 1. The molecule has 0 saturated heterocycles. The predicted molar refractivity (Wildman–Crippen MR) is 63.2 cm³/mol. The van der Waals surface area contributed by atoms with Crippen molar-refractivity contribution in [3.8, 4) is 0 Å². The normalized spacial score (nSPS) is 11.4. The topological polar surface area (TPSA) is 20.2 Å². The van der Waals surface area contributed by atoms with Crippen LogP contribution in [0.15, 0.2) is 24.3 Å². The Morgan fingerprint density at radius 3 is 1.43 bits per heavy atom. The van der Waals surface area contributed by atoms with Crippen LogP contribution >= 0.6 is 0 Å². The molecule has 0 aliphatic rings. The molecule has 0 aromatic rings. The van der Waals surface area contributed by atoms with Gasteiger partial charge in [0.05, 0.1) is 6.10 Å². The van der Waals surface area contributed by atoms with Crippen molar-refractivity contribution in [1.29, 1.82) is 0 Å². The molecule has 0 atom stereocenters. The Labute approximate surface area is 88.5 Å². The van der Waals surface area contributed by atoms with Crippen LogP contribution in [0.2, 0.25) is 0 Å². The maximum absolute atomic E-state index is 9.88. The van der Waals surface area contributed by atoms with Gasteiger partial charge in [0.15, 0.2) is 0 Å². The summed E-state index contributed by atoms with van der Waals surface area (Å²) in [5.74, 6) is 1.09. The predicted octanol–water partition coefficient (Wildman–Crippen LogP) is 3.55. The van der Waals surface area contributed by atoms with E-state index in [0.29, 0.717) is 11.8 Å². The molecule has 0 radical (unpaired) electrons. The number of hydrogen-bond acceptors (Lipinski definition) is 1.